The third-order valence-corrected chi connectivity index (χ3v) is 8.95. The first-order chi connectivity index (χ1) is 13.5. The molecular formula is C22H33N3O2S. The van der Waals surface area contributed by atoms with Crippen LogP contribution in [0.3, 0.4) is 0 Å². The Morgan fingerprint density at radius 3 is 2.29 bits per heavy atom. The molecule has 0 atom stereocenters. The van der Waals surface area contributed by atoms with Gasteiger partial charge in [0.15, 0.2) is 0 Å². The van der Waals surface area contributed by atoms with E-state index in [0.717, 1.165) is 42.4 Å². The lowest BCUT2D eigenvalue weighted by Crippen LogP contribution is -2.48. The number of aromatic nitrogens is 2. The fourth-order valence-corrected chi connectivity index (χ4v) is 7.60. The summed E-state index contributed by atoms with van der Waals surface area (Å²) >= 11 is 1.41. The standard InChI is InChI=1S/C22H33N3O2S/c1-14-3-5-18(6-4-14)25(2)19(26)13-28-21-24-23-20(27-21)22-10-15-7-16(11-22)9-17(8-15)12-22/h14-18H,3-13H2,1-2H3. The molecule has 6 heteroatoms. The molecule has 1 amide bonds. The van der Waals surface area contributed by atoms with Crippen LogP contribution in [0.4, 0.5) is 0 Å². The molecule has 1 aromatic rings. The minimum absolute atomic E-state index is 0.139. The Labute approximate surface area is 172 Å². The zero-order valence-corrected chi connectivity index (χ0v) is 18.0. The summed E-state index contributed by atoms with van der Waals surface area (Å²) in [5, 5.41) is 9.34. The molecule has 0 saturated heterocycles. The Kier molecular flexibility index (Phi) is 4.96. The summed E-state index contributed by atoms with van der Waals surface area (Å²) in [5.41, 5.74) is 0.139. The molecule has 0 radical (unpaired) electrons. The van der Waals surface area contributed by atoms with Crippen molar-refractivity contribution in [3.8, 4) is 0 Å². The number of rotatable bonds is 5. The van der Waals surface area contributed by atoms with Gasteiger partial charge in [0.05, 0.1) is 5.75 Å². The maximum absolute atomic E-state index is 12.6. The lowest BCUT2D eigenvalue weighted by Gasteiger charge is -2.55. The Morgan fingerprint density at radius 1 is 1.07 bits per heavy atom. The van der Waals surface area contributed by atoms with E-state index in [2.05, 4.69) is 17.1 Å². The molecule has 1 aromatic heterocycles. The predicted octanol–water partition coefficient (Wildman–Crippen LogP) is 4.67. The molecule has 0 aliphatic heterocycles. The summed E-state index contributed by atoms with van der Waals surface area (Å²) in [6.07, 6.45) is 12.6. The summed E-state index contributed by atoms with van der Waals surface area (Å²) in [6.45, 7) is 2.31. The van der Waals surface area contributed by atoms with Gasteiger partial charge < -0.3 is 9.32 Å². The Bertz CT molecular complexity index is 690. The first-order valence-electron chi connectivity index (χ1n) is 11.2. The summed E-state index contributed by atoms with van der Waals surface area (Å²) < 4.78 is 6.13. The Morgan fingerprint density at radius 2 is 1.68 bits per heavy atom. The number of carbonyl (C=O) groups excluding carboxylic acids is 1. The second kappa shape index (κ2) is 7.33. The molecule has 4 bridgehead atoms. The predicted molar refractivity (Wildman–Crippen MR) is 109 cm³/mol. The summed E-state index contributed by atoms with van der Waals surface area (Å²) in [7, 11) is 1.96. The highest BCUT2D eigenvalue weighted by atomic mass is 32.2. The van der Waals surface area contributed by atoms with Gasteiger partial charge in [-0.25, -0.2) is 0 Å². The van der Waals surface area contributed by atoms with Gasteiger partial charge in [0.2, 0.25) is 11.8 Å². The van der Waals surface area contributed by atoms with E-state index < -0.39 is 0 Å². The molecule has 1 heterocycles. The van der Waals surface area contributed by atoms with Crippen molar-refractivity contribution in [3.05, 3.63) is 5.89 Å². The Balaban J connectivity index is 1.19. The number of thioether (sulfide) groups is 1. The van der Waals surface area contributed by atoms with Crippen molar-refractivity contribution < 1.29 is 9.21 Å². The van der Waals surface area contributed by atoms with Gasteiger partial charge in [0.1, 0.15) is 0 Å². The number of amides is 1. The second-order valence-corrected chi connectivity index (χ2v) is 11.2. The van der Waals surface area contributed by atoms with Gasteiger partial charge in [-0.1, -0.05) is 18.7 Å². The maximum atomic E-state index is 12.6. The zero-order valence-electron chi connectivity index (χ0n) is 17.2. The van der Waals surface area contributed by atoms with E-state index in [1.807, 2.05) is 11.9 Å². The molecule has 5 aliphatic carbocycles. The van der Waals surface area contributed by atoms with Crippen LogP contribution >= 0.6 is 11.8 Å². The van der Waals surface area contributed by atoms with Crippen molar-refractivity contribution in [2.75, 3.05) is 12.8 Å². The molecule has 154 valence electrons. The van der Waals surface area contributed by atoms with Crippen molar-refractivity contribution in [2.45, 2.75) is 87.8 Å². The molecule has 0 N–H and O–H groups in total. The normalized spacial score (nSPS) is 39.3. The van der Waals surface area contributed by atoms with Gasteiger partial charge in [0, 0.05) is 18.5 Å². The third-order valence-electron chi connectivity index (χ3n) is 8.14. The lowest BCUT2D eigenvalue weighted by atomic mass is 9.49. The van der Waals surface area contributed by atoms with E-state index in [0.29, 0.717) is 17.0 Å². The van der Waals surface area contributed by atoms with Gasteiger partial charge in [-0.15, -0.1) is 10.2 Å². The smallest absolute Gasteiger partial charge is 0.277 e. The molecule has 6 rings (SSSR count). The van der Waals surface area contributed by atoms with Crippen LogP contribution in [0.2, 0.25) is 0 Å². The van der Waals surface area contributed by atoms with E-state index >= 15 is 0 Å². The quantitative estimate of drug-likeness (QED) is 0.669. The molecule has 5 aliphatic rings. The van der Waals surface area contributed by atoms with Gasteiger partial charge in [-0.05, 0) is 87.9 Å². The van der Waals surface area contributed by atoms with E-state index in [9.17, 15) is 4.79 Å². The van der Waals surface area contributed by atoms with E-state index in [1.165, 1.54) is 63.1 Å². The monoisotopic (exact) mass is 403 g/mol. The topological polar surface area (TPSA) is 59.2 Å². The van der Waals surface area contributed by atoms with Crippen molar-refractivity contribution in [3.63, 3.8) is 0 Å². The van der Waals surface area contributed by atoms with Crippen molar-refractivity contribution >= 4 is 17.7 Å². The van der Waals surface area contributed by atoms with E-state index in [1.54, 1.807) is 0 Å². The van der Waals surface area contributed by atoms with Crippen molar-refractivity contribution in [1.29, 1.82) is 0 Å². The molecule has 0 aromatic carbocycles. The summed E-state index contributed by atoms with van der Waals surface area (Å²) in [4.78, 5) is 14.6. The summed E-state index contributed by atoms with van der Waals surface area (Å²) in [5.74, 6) is 4.82. The SMILES string of the molecule is CC1CCC(N(C)C(=O)CSc2nnc(C34CC5CC(CC(C5)C3)C4)o2)CC1. The van der Waals surface area contributed by atoms with Crippen LogP contribution in [-0.4, -0.2) is 39.8 Å². The van der Waals surface area contributed by atoms with Crippen molar-refractivity contribution in [2.24, 2.45) is 23.7 Å². The van der Waals surface area contributed by atoms with Crippen LogP contribution in [0.1, 0.15) is 77.0 Å². The first-order valence-corrected chi connectivity index (χ1v) is 12.2. The van der Waals surface area contributed by atoms with Crippen LogP contribution in [-0.2, 0) is 10.2 Å². The molecular weight excluding hydrogens is 370 g/mol. The minimum atomic E-state index is 0.139. The Hall–Kier alpha value is -1.04. The number of carbonyl (C=O) groups is 1. The fourth-order valence-electron chi connectivity index (χ4n) is 6.91. The van der Waals surface area contributed by atoms with E-state index in [4.69, 9.17) is 4.42 Å². The highest BCUT2D eigenvalue weighted by Crippen LogP contribution is 2.60. The van der Waals surface area contributed by atoms with Gasteiger partial charge in [-0.2, -0.15) is 0 Å². The average Bonchev–Trinajstić information content (AvgIpc) is 3.15. The molecule has 28 heavy (non-hydrogen) atoms. The molecule has 5 fully saturated rings. The second-order valence-electron chi connectivity index (χ2n) is 10.3. The number of nitrogens with zero attached hydrogens (tertiary/aromatic N) is 3. The zero-order chi connectivity index (χ0) is 19.3. The number of hydrogen-bond acceptors (Lipinski definition) is 5. The van der Waals surface area contributed by atoms with Crippen molar-refractivity contribution in [1.82, 2.24) is 15.1 Å². The van der Waals surface area contributed by atoms with E-state index in [-0.39, 0.29) is 11.3 Å². The average molecular weight is 404 g/mol. The molecule has 5 saturated carbocycles. The van der Waals surface area contributed by atoms with Crippen LogP contribution < -0.4 is 0 Å². The molecule has 0 unspecified atom stereocenters. The fraction of sp³-hybridized carbons (Fsp3) is 0.864. The maximum Gasteiger partial charge on any atom is 0.277 e. The van der Waals surface area contributed by atoms with Gasteiger partial charge in [-0.3, -0.25) is 4.79 Å². The minimum Gasteiger partial charge on any atom is -0.415 e. The van der Waals surface area contributed by atoms with Gasteiger partial charge in [0.25, 0.3) is 5.22 Å². The third kappa shape index (κ3) is 3.50. The highest BCUT2D eigenvalue weighted by Gasteiger charge is 2.54. The highest BCUT2D eigenvalue weighted by molar-refractivity contribution is 7.99. The largest absolute Gasteiger partial charge is 0.415 e. The first kappa shape index (κ1) is 19.0. The summed E-state index contributed by atoms with van der Waals surface area (Å²) in [6, 6.07) is 0.398. The molecule has 5 nitrogen and oxygen atoms in total. The van der Waals surface area contributed by atoms with Crippen LogP contribution in [0.15, 0.2) is 9.64 Å². The lowest BCUT2D eigenvalue weighted by molar-refractivity contribution is -0.129. The van der Waals surface area contributed by atoms with Crippen LogP contribution in [0.5, 0.6) is 0 Å². The van der Waals surface area contributed by atoms with Gasteiger partial charge >= 0.3 is 0 Å². The number of hydrogen-bond donors (Lipinski definition) is 0. The molecule has 0 spiro atoms. The van der Waals surface area contributed by atoms with Crippen LogP contribution in [0.25, 0.3) is 0 Å². The van der Waals surface area contributed by atoms with Crippen LogP contribution in [0, 0.1) is 23.7 Å².